The Kier molecular flexibility index (Phi) is 2.08. The summed E-state index contributed by atoms with van der Waals surface area (Å²) < 4.78 is 0. The van der Waals surface area contributed by atoms with E-state index in [1.54, 1.807) is 6.08 Å². The number of hydrogen-bond donors (Lipinski definition) is 1. The Morgan fingerprint density at radius 2 is 2.10 bits per heavy atom. The average Bonchev–Trinajstić information content (AvgIpc) is 3.20. The molecule has 4 aliphatic rings. The highest BCUT2D eigenvalue weighted by Gasteiger charge is 2.45. The molecule has 0 amide bonds. The molecule has 1 aliphatic carbocycles. The Labute approximate surface area is 122 Å². The second-order valence-electron chi connectivity index (χ2n) is 6.64. The number of carbonyl (C=O) groups excluding carboxylic acids is 1. The van der Waals surface area contributed by atoms with Gasteiger partial charge in [-0.2, -0.15) is 4.99 Å². The van der Waals surface area contributed by atoms with E-state index in [1.807, 2.05) is 0 Å². The molecule has 6 rings (SSSR count). The molecule has 0 atom stereocenters. The van der Waals surface area contributed by atoms with Gasteiger partial charge in [0, 0.05) is 29.6 Å². The third-order valence-electron chi connectivity index (χ3n) is 5.56. The van der Waals surface area contributed by atoms with Gasteiger partial charge in [-0.15, -0.1) is 0 Å². The van der Waals surface area contributed by atoms with Crippen LogP contribution in [0.3, 0.4) is 0 Å². The van der Waals surface area contributed by atoms with Crippen molar-refractivity contribution in [3.05, 3.63) is 29.3 Å². The van der Waals surface area contributed by atoms with Crippen LogP contribution in [0, 0.1) is 0 Å². The van der Waals surface area contributed by atoms with Crippen LogP contribution in [-0.2, 0) is 10.3 Å². The van der Waals surface area contributed by atoms with E-state index in [1.165, 1.54) is 53.8 Å². The summed E-state index contributed by atoms with van der Waals surface area (Å²) in [5.74, 6) is 2.02. The molecule has 2 bridgehead atoms. The lowest BCUT2D eigenvalue weighted by Crippen LogP contribution is -2.38. The van der Waals surface area contributed by atoms with Gasteiger partial charge in [0.2, 0.25) is 6.08 Å². The van der Waals surface area contributed by atoms with Crippen LogP contribution >= 0.6 is 0 Å². The third kappa shape index (κ3) is 1.46. The number of nitrogens with zero attached hydrogens (tertiary/aromatic N) is 2. The van der Waals surface area contributed by atoms with Gasteiger partial charge in [0.15, 0.2) is 0 Å². The van der Waals surface area contributed by atoms with Gasteiger partial charge in [0.25, 0.3) is 0 Å². The molecular formula is C17H17N3O. The van der Waals surface area contributed by atoms with E-state index in [0.717, 1.165) is 12.8 Å². The second-order valence-corrected chi connectivity index (χ2v) is 6.64. The van der Waals surface area contributed by atoms with Crippen LogP contribution in [0.1, 0.15) is 42.7 Å². The zero-order valence-corrected chi connectivity index (χ0v) is 11.9. The van der Waals surface area contributed by atoms with Gasteiger partial charge in [-0.1, -0.05) is 6.07 Å². The molecule has 1 N–H and O–H groups in total. The standard InChI is InChI=1S/C17H17N3O/c21-10-18-17(5-6-17)12-1-2-14-13(9-12)15-11-3-7-20(8-4-11)16(15)19-14/h1-2,9,11,19H,3-8H2. The molecule has 4 heterocycles. The molecule has 2 fully saturated rings. The van der Waals surface area contributed by atoms with E-state index in [9.17, 15) is 4.79 Å². The topological polar surface area (TPSA) is 48.5 Å². The predicted molar refractivity (Wildman–Crippen MR) is 81.5 cm³/mol. The maximum Gasteiger partial charge on any atom is 0.235 e. The van der Waals surface area contributed by atoms with Crippen LogP contribution in [-0.4, -0.2) is 24.2 Å². The lowest BCUT2D eigenvalue weighted by Gasteiger charge is -2.40. The maximum absolute atomic E-state index is 10.7. The summed E-state index contributed by atoms with van der Waals surface area (Å²) in [4.78, 5) is 20.8. The van der Waals surface area contributed by atoms with Crippen LogP contribution in [0.5, 0.6) is 0 Å². The van der Waals surface area contributed by atoms with Crippen molar-refractivity contribution in [3.63, 3.8) is 0 Å². The first-order valence-corrected chi connectivity index (χ1v) is 7.81. The molecule has 0 unspecified atom stereocenters. The zero-order chi connectivity index (χ0) is 14.0. The molecule has 1 aromatic carbocycles. The number of isocyanates is 1. The lowest BCUT2D eigenvalue weighted by molar-refractivity contribution is 0.475. The molecule has 0 radical (unpaired) electrons. The summed E-state index contributed by atoms with van der Waals surface area (Å²) in [6.07, 6.45) is 6.23. The molecule has 21 heavy (non-hydrogen) atoms. The summed E-state index contributed by atoms with van der Waals surface area (Å²) in [7, 11) is 0. The Hall–Kier alpha value is -2.06. The largest absolute Gasteiger partial charge is 0.358 e. The number of hydrogen-bond acceptors (Lipinski definition) is 3. The first-order chi connectivity index (χ1) is 10.3. The van der Waals surface area contributed by atoms with Gasteiger partial charge in [0.05, 0.1) is 5.54 Å². The van der Waals surface area contributed by atoms with E-state index in [4.69, 9.17) is 0 Å². The van der Waals surface area contributed by atoms with Crippen molar-refractivity contribution in [1.29, 1.82) is 0 Å². The number of H-pyrrole nitrogens is 1. The first kappa shape index (κ1) is 11.6. The summed E-state index contributed by atoms with van der Waals surface area (Å²) in [6.45, 7) is 2.35. The van der Waals surface area contributed by atoms with Gasteiger partial charge in [-0.05, 0) is 49.3 Å². The second kappa shape index (κ2) is 3.77. The van der Waals surface area contributed by atoms with Crippen LogP contribution in [0.4, 0.5) is 5.82 Å². The van der Waals surface area contributed by atoms with Crippen molar-refractivity contribution in [3.8, 4) is 0 Å². The monoisotopic (exact) mass is 279 g/mol. The summed E-state index contributed by atoms with van der Waals surface area (Å²) in [6, 6.07) is 6.54. The fraction of sp³-hybridized carbons (Fsp3) is 0.471. The minimum absolute atomic E-state index is 0.270. The first-order valence-electron chi connectivity index (χ1n) is 7.81. The number of aromatic nitrogens is 1. The highest BCUT2D eigenvalue weighted by atomic mass is 16.1. The highest BCUT2D eigenvalue weighted by molar-refractivity contribution is 5.91. The normalized spacial score (nSPS) is 22.2. The van der Waals surface area contributed by atoms with E-state index in [2.05, 4.69) is 33.1 Å². The Morgan fingerprint density at radius 3 is 2.81 bits per heavy atom. The molecule has 2 aromatic rings. The van der Waals surface area contributed by atoms with Crippen LogP contribution < -0.4 is 4.90 Å². The minimum atomic E-state index is -0.270. The van der Waals surface area contributed by atoms with E-state index in [0.29, 0.717) is 5.92 Å². The molecule has 1 aromatic heterocycles. The Morgan fingerprint density at radius 1 is 1.29 bits per heavy atom. The molecule has 3 aliphatic heterocycles. The van der Waals surface area contributed by atoms with Crippen LogP contribution in [0.15, 0.2) is 23.2 Å². The average molecular weight is 279 g/mol. The quantitative estimate of drug-likeness (QED) is 0.678. The van der Waals surface area contributed by atoms with Crippen molar-refractivity contribution in [2.24, 2.45) is 4.99 Å². The molecule has 1 saturated heterocycles. The van der Waals surface area contributed by atoms with Crippen LogP contribution in [0.2, 0.25) is 0 Å². The lowest BCUT2D eigenvalue weighted by atomic mass is 9.84. The van der Waals surface area contributed by atoms with E-state index >= 15 is 0 Å². The molecule has 0 spiro atoms. The summed E-state index contributed by atoms with van der Waals surface area (Å²) >= 11 is 0. The summed E-state index contributed by atoms with van der Waals surface area (Å²) in [5.41, 5.74) is 3.62. The van der Waals surface area contributed by atoms with Gasteiger partial charge in [-0.25, -0.2) is 4.79 Å². The minimum Gasteiger partial charge on any atom is -0.358 e. The molecule has 4 nitrogen and oxygen atoms in total. The number of benzene rings is 1. The fourth-order valence-electron chi connectivity index (χ4n) is 4.21. The molecule has 4 heteroatoms. The number of piperidine rings is 1. The van der Waals surface area contributed by atoms with Gasteiger partial charge in [-0.3, -0.25) is 0 Å². The Bertz CT molecular complexity index is 788. The zero-order valence-electron chi connectivity index (χ0n) is 11.9. The van der Waals surface area contributed by atoms with Gasteiger partial charge >= 0.3 is 0 Å². The number of anilines is 1. The van der Waals surface area contributed by atoms with Crippen molar-refractivity contribution in [2.75, 3.05) is 18.0 Å². The summed E-state index contributed by atoms with van der Waals surface area (Å²) in [5, 5.41) is 1.34. The number of nitrogens with one attached hydrogen (secondary N) is 1. The van der Waals surface area contributed by atoms with Crippen molar-refractivity contribution >= 4 is 22.8 Å². The highest BCUT2D eigenvalue weighted by Crippen LogP contribution is 2.51. The predicted octanol–water partition coefficient (Wildman–Crippen LogP) is 3.19. The number of aliphatic imine (C=N–C) groups is 1. The number of rotatable bonds is 2. The van der Waals surface area contributed by atoms with Crippen molar-refractivity contribution in [1.82, 2.24) is 4.98 Å². The van der Waals surface area contributed by atoms with Crippen LogP contribution in [0.25, 0.3) is 10.9 Å². The SMILES string of the molecule is O=C=NC1(c2ccc3[nH]c4c(c3c2)C2CCN4CC2)CC1. The molecular weight excluding hydrogens is 262 g/mol. The number of fused-ring (bicyclic) bond motifs is 3. The molecule has 106 valence electrons. The van der Waals surface area contributed by atoms with E-state index < -0.39 is 0 Å². The molecule has 1 saturated carbocycles. The van der Waals surface area contributed by atoms with E-state index in [-0.39, 0.29) is 5.54 Å². The number of aromatic amines is 1. The van der Waals surface area contributed by atoms with Crippen molar-refractivity contribution in [2.45, 2.75) is 37.1 Å². The smallest absolute Gasteiger partial charge is 0.235 e. The van der Waals surface area contributed by atoms with Gasteiger partial charge < -0.3 is 9.88 Å². The third-order valence-corrected chi connectivity index (χ3v) is 5.56. The van der Waals surface area contributed by atoms with Crippen molar-refractivity contribution < 1.29 is 4.79 Å². The fourth-order valence-corrected chi connectivity index (χ4v) is 4.21. The Balaban J connectivity index is 1.73. The maximum atomic E-state index is 10.7. The van der Waals surface area contributed by atoms with Gasteiger partial charge in [0.1, 0.15) is 5.82 Å².